The molecule has 0 unspecified atom stereocenters. The van der Waals surface area contributed by atoms with Crippen molar-refractivity contribution < 1.29 is 28.6 Å². The quantitative estimate of drug-likeness (QED) is 0.633. The standard InChI is InChI=1S/C19H28N4O6/c1-17(2,3)27-14(24)22-11-21-13(12(22)10-20)23(15(25)28-18(4,5)6)16(26)29-19(7,8)9/h11H,1-9H3. The van der Waals surface area contributed by atoms with Crippen molar-refractivity contribution in [3.63, 3.8) is 0 Å². The first-order valence-electron chi connectivity index (χ1n) is 8.92. The van der Waals surface area contributed by atoms with Gasteiger partial charge in [0.25, 0.3) is 0 Å². The number of rotatable bonds is 1. The van der Waals surface area contributed by atoms with Crippen molar-refractivity contribution in [3.8, 4) is 6.07 Å². The van der Waals surface area contributed by atoms with Crippen molar-refractivity contribution in [1.29, 1.82) is 5.26 Å². The first kappa shape index (κ1) is 23.9. The Kier molecular flexibility index (Phi) is 6.70. The molecule has 0 radical (unpaired) electrons. The molecule has 0 aliphatic rings. The minimum atomic E-state index is -1.10. The van der Waals surface area contributed by atoms with Gasteiger partial charge in [0.2, 0.25) is 0 Å². The van der Waals surface area contributed by atoms with Gasteiger partial charge in [-0.1, -0.05) is 0 Å². The van der Waals surface area contributed by atoms with Crippen LogP contribution in [0, 0.1) is 11.3 Å². The highest BCUT2D eigenvalue weighted by Gasteiger charge is 2.37. The smallest absolute Gasteiger partial charge is 0.425 e. The number of ether oxygens (including phenoxy) is 3. The SMILES string of the molecule is CC(C)(C)OC(=O)N(C(=O)OC(C)(C)C)c1ncn(C(=O)OC(C)(C)C)c1C#N. The largest absolute Gasteiger partial charge is 0.443 e. The molecular weight excluding hydrogens is 380 g/mol. The highest BCUT2D eigenvalue weighted by Crippen LogP contribution is 2.24. The van der Waals surface area contributed by atoms with Crippen molar-refractivity contribution in [2.45, 2.75) is 79.1 Å². The van der Waals surface area contributed by atoms with E-state index >= 15 is 0 Å². The van der Waals surface area contributed by atoms with Gasteiger partial charge in [0.1, 0.15) is 29.2 Å². The number of nitrogens with zero attached hydrogens (tertiary/aromatic N) is 4. The second-order valence-corrected chi connectivity index (χ2v) is 9.18. The molecule has 1 aromatic heterocycles. The average Bonchev–Trinajstić information content (AvgIpc) is 2.85. The average molecular weight is 408 g/mol. The van der Waals surface area contributed by atoms with Crippen molar-refractivity contribution in [3.05, 3.63) is 12.0 Å². The maximum absolute atomic E-state index is 12.7. The van der Waals surface area contributed by atoms with E-state index in [1.165, 1.54) is 0 Å². The Balaban J connectivity index is 3.46. The number of anilines is 1. The summed E-state index contributed by atoms with van der Waals surface area (Å²) in [5.74, 6) is -0.401. The Morgan fingerprint density at radius 2 is 1.31 bits per heavy atom. The van der Waals surface area contributed by atoms with Gasteiger partial charge >= 0.3 is 18.3 Å². The molecule has 0 N–H and O–H groups in total. The number of imide groups is 1. The number of hydrogen-bond acceptors (Lipinski definition) is 8. The van der Waals surface area contributed by atoms with Gasteiger partial charge < -0.3 is 14.2 Å². The Labute approximate surface area is 170 Å². The molecule has 10 nitrogen and oxygen atoms in total. The summed E-state index contributed by atoms with van der Waals surface area (Å²) in [6, 6.07) is 1.77. The third-order valence-electron chi connectivity index (χ3n) is 2.81. The number of aromatic nitrogens is 2. The van der Waals surface area contributed by atoms with Crippen LogP contribution < -0.4 is 4.90 Å². The van der Waals surface area contributed by atoms with Crippen LogP contribution in [0.4, 0.5) is 20.2 Å². The topological polar surface area (TPSA) is 124 Å². The molecule has 1 heterocycles. The van der Waals surface area contributed by atoms with Crippen LogP contribution in [-0.2, 0) is 14.2 Å². The van der Waals surface area contributed by atoms with Crippen LogP contribution in [0.3, 0.4) is 0 Å². The molecule has 29 heavy (non-hydrogen) atoms. The maximum atomic E-state index is 12.7. The zero-order chi connectivity index (χ0) is 22.8. The van der Waals surface area contributed by atoms with E-state index in [9.17, 15) is 19.6 Å². The highest BCUT2D eigenvalue weighted by atomic mass is 16.6. The van der Waals surface area contributed by atoms with Crippen molar-refractivity contribution >= 4 is 24.1 Å². The summed E-state index contributed by atoms with van der Waals surface area (Å²) in [6.45, 7) is 14.6. The molecule has 0 atom stereocenters. The lowest BCUT2D eigenvalue weighted by atomic mass is 10.2. The fourth-order valence-corrected chi connectivity index (χ4v) is 1.92. The second-order valence-electron chi connectivity index (χ2n) is 9.18. The number of amides is 2. The van der Waals surface area contributed by atoms with Gasteiger partial charge in [0, 0.05) is 0 Å². The molecule has 0 aromatic carbocycles. The number of carbonyl (C=O) groups is 3. The summed E-state index contributed by atoms with van der Waals surface area (Å²) in [7, 11) is 0. The molecule has 0 aliphatic heterocycles. The Bertz CT molecular complexity index is 803. The van der Waals surface area contributed by atoms with Gasteiger partial charge in [-0.15, -0.1) is 0 Å². The molecule has 160 valence electrons. The van der Waals surface area contributed by atoms with Crippen LogP contribution in [0.5, 0.6) is 0 Å². The van der Waals surface area contributed by atoms with Crippen molar-refractivity contribution in [2.75, 3.05) is 4.90 Å². The van der Waals surface area contributed by atoms with Gasteiger partial charge in [-0.3, -0.25) is 0 Å². The van der Waals surface area contributed by atoms with E-state index in [0.717, 1.165) is 10.9 Å². The molecule has 0 bridgehead atoms. The molecule has 0 fully saturated rings. The molecule has 0 aliphatic carbocycles. The molecule has 0 spiro atoms. The third-order valence-corrected chi connectivity index (χ3v) is 2.81. The fraction of sp³-hybridized carbons (Fsp3) is 0.632. The Hall–Kier alpha value is -3.09. The van der Waals surface area contributed by atoms with Gasteiger partial charge in [-0.2, -0.15) is 10.2 Å². The van der Waals surface area contributed by atoms with E-state index in [4.69, 9.17) is 14.2 Å². The lowest BCUT2D eigenvalue weighted by Crippen LogP contribution is -2.44. The minimum absolute atomic E-state index is 0.379. The predicted octanol–water partition coefficient (Wildman–Crippen LogP) is 4.21. The van der Waals surface area contributed by atoms with E-state index in [1.54, 1.807) is 68.4 Å². The second kappa shape index (κ2) is 8.11. The molecule has 1 aromatic rings. The van der Waals surface area contributed by atoms with Gasteiger partial charge in [0.15, 0.2) is 11.5 Å². The van der Waals surface area contributed by atoms with Crippen LogP contribution in [0.2, 0.25) is 0 Å². The summed E-state index contributed by atoms with van der Waals surface area (Å²) < 4.78 is 16.5. The number of carbonyl (C=O) groups excluding carboxylic acids is 3. The Morgan fingerprint density at radius 3 is 1.66 bits per heavy atom. The third kappa shape index (κ3) is 7.10. The van der Waals surface area contributed by atoms with Gasteiger partial charge in [-0.25, -0.2) is 23.9 Å². The zero-order valence-corrected chi connectivity index (χ0v) is 18.3. The normalized spacial score (nSPS) is 12.0. The van der Waals surface area contributed by atoms with Crippen LogP contribution in [0.15, 0.2) is 6.33 Å². The fourth-order valence-electron chi connectivity index (χ4n) is 1.92. The summed E-state index contributed by atoms with van der Waals surface area (Å²) in [5, 5.41) is 9.56. The van der Waals surface area contributed by atoms with Crippen LogP contribution in [0.25, 0.3) is 0 Å². The molecule has 10 heteroatoms. The van der Waals surface area contributed by atoms with E-state index in [0.29, 0.717) is 4.90 Å². The summed E-state index contributed by atoms with van der Waals surface area (Å²) >= 11 is 0. The lowest BCUT2D eigenvalue weighted by molar-refractivity contribution is 0.0424. The molecule has 2 amide bonds. The van der Waals surface area contributed by atoms with E-state index in [-0.39, 0.29) is 5.69 Å². The molecule has 0 saturated heterocycles. The monoisotopic (exact) mass is 408 g/mol. The first-order chi connectivity index (χ1) is 12.9. The van der Waals surface area contributed by atoms with Crippen molar-refractivity contribution in [2.24, 2.45) is 0 Å². The van der Waals surface area contributed by atoms with Crippen LogP contribution in [0.1, 0.15) is 68.0 Å². The highest BCUT2D eigenvalue weighted by molar-refractivity contribution is 6.09. The molecule has 1 rings (SSSR count). The van der Waals surface area contributed by atoms with Gasteiger partial charge in [0.05, 0.1) is 0 Å². The molecular formula is C19H28N4O6. The number of hydrogen-bond donors (Lipinski definition) is 0. The molecule has 0 saturated carbocycles. The first-order valence-corrected chi connectivity index (χ1v) is 8.92. The number of imidazole rings is 1. The summed E-state index contributed by atoms with van der Waals surface area (Å²) in [4.78, 5) is 42.1. The zero-order valence-electron chi connectivity index (χ0n) is 18.3. The summed E-state index contributed by atoms with van der Waals surface area (Å²) in [6.07, 6.45) is -2.10. The van der Waals surface area contributed by atoms with E-state index in [2.05, 4.69) is 4.98 Å². The van der Waals surface area contributed by atoms with Crippen molar-refractivity contribution in [1.82, 2.24) is 9.55 Å². The van der Waals surface area contributed by atoms with E-state index < -0.39 is 40.9 Å². The number of nitriles is 1. The predicted molar refractivity (Wildman–Crippen MR) is 104 cm³/mol. The van der Waals surface area contributed by atoms with Crippen LogP contribution >= 0.6 is 0 Å². The van der Waals surface area contributed by atoms with Crippen LogP contribution in [-0.4, -0.2) is 44.6 Å². The lowest BCUT2D eigenvalue weighted by Gasteiger charge is -2.27. The summed E-state index contributed by atoms with van der Waals surface area (Å²) in [5.41, 5.74) is -3.07. The maximum Gasteiger partial charge on any atom is 0.425 e. The van der Waals surface area contributed by atoms with Gasteiger partial charge in [-0.05, 0) is 62.3 Å². The van der Waals surface area contributed by atoms with E-state index in [1.807, 2.05) is 0 Å². The minimum Gasteiger partial charge on any atom is -0.443 e. The Morgan fingerprint density at radius 1 is 0.897 bits per heavy atom.